The van der Waals surface area contributed by atoms with Crippen LogP contribution in [0.25, 0.3) is 0 Å². The summed E-state index contributed by atoms with van der Waals surface area (Å²) in [5.41, 5.74) is 4.75. The molecule has 0 bridgehead atoms. The number of nitrogens with one attached hydrogen (secondary N) is 1. The third kappa shape index (κ3) is 4.00. The maximum Gasteiger partial charge on any atom is 0.408 e. The van der Waals surface area contributed by atoms with Crippen LogP contribution in [0.15, 0.2) is 47.4 Å². The van der Waals surface area contributed by atoms with Crippen molar-refractivity contribution in [2.45, 2.75) is 48.0 Å². The lowest BCUT2D eigenvalue weighted by atomic mass is 10.1. The number of hydrogen-bond donors (Lipinski definition) is 2. The molecule has 1 aliphatic carbocycles. The Hall–Kier alpha value is -2.49. The summed E-state index contributed by atoms with van der Waals surface area (Å²) in [6.07, 6.45) is -0.734. The molecule has 1 saturated carbocycles. The van der Waals surface area contributed by atoms with Gasteiger partial charge in [0, 0.05) is 17.5 Å². The van der Waals surface area contributed by atoms with Gasteiger partial charge in [0.25, 0.3) is 0 Å². The Morgan fingerprint density at radius 3 is 2.47 bits per heavy atom. The Kier molecular flexibility index (Phi) is 5.55. The summed E-state index contributed by atoms with van der Waals surface area (Å²) in [7, 11) is -3.88. The van der Waals surface area contributed by atoms with Crippen LogP contribution in [0.4, 0.5) is 4.79 Å². The van der Waals surface area contributed by atoms with Crippen molar-refractivity contribution in [1.29, 1.82) is 0 Å². The highest BCUT2D eigenvalue weighted by Crippen LogP contribution is 2.58. The van der Waals surface area contributed by atoms with E-state index >= 15 is 0 Å². The van der Waals surface area contributed by atoms with Crippen LogP contribution in [0.5, 0.6) is 11.5 Å². The zero-order valence-corrected chi connectivity index (χ0v) is 19.5. The molecule has 4 rings (SSSR count). The van der Waals surface area contributed by atoms with E-state index in [0.29, 0.717) is 22.1 Å². The first-order chi connectivity index (χ1) is 15.0. The molecule has 3 N–H and O–H groups in total. The number of rotatable bonds is 5. The van der Waals surface area contributed by atoms with Gasteiger partial charge in [0.15, 0.2) is 21.3 Å². The van der Waals surface area contributed by atoms with E-state index in [1.165, 1.54) is 24.3 Å². The van der Waals surface area contributed by atoms with Gasteiger partial charge in [-0.25, -0.2) is 13.2 Å². The van der Waals surface area contributed by atoms with Crippen LogP contribution in [0, 0.1) is 0 Å². The molecule has 2 aliphatic rings. The molecule has 0 radical (unpaired) electrons. The maximum atomic E-state index is 13.6. The molecule has 10 heteroatoms. The summed E-state index contributed by atoms with van der Waals surface area (Å²) in [6, 6.07) is 11.1. The van der Waals surface area contributed by atoms with Crippen LogP contribution in [0.3, 0.4) is 0 Å². The summed E-state index contributed by atoms with van der Waals surface area (Å²) < 4.78 is 43.4. The number of hydrogen-bond acceptors (Lipinski definition) is 7. The quantitative estimate of drug-likeness (QED) is 0.674. The second kappa shape index (κ2) is 7.83. The summed E-state index contributed by atoms with van der Waals surface area (Å²) in [4.78, 5) is 12.7. The van der Waals surface area contributed by atoms with Gasteiger partial charge in [-0.05, 0) is 62.7 Å². The monoisotopic (exact) mass is 480 g/mol. The molecule has 1 aliphatic heterocycles. The molecule has 0 spiro atoms. The van der Waals surface area contributed by atoms with Gasteiger partial charge in [0.2, 0.25) is 6.79 Å². The van der Waals surface area contributed by atoms with Crippen molar-refractivity contribution in [3.05, 3.63) is 53.1 Å². The molecule has 1 amide bonds. The van der Waals surface area contributed by atoms with Gasteiger partial charge in [-0.2, -0.15) is 0 Å². The lowest BCUT2D eigenvalue weighted by Crippen LogP contribution is -2.49. The molecular formula is C22H25ClN2O6S. The average Bonchev–Trinajstić information content (AvgIpc) is 3.13. The van der Waals surface area contributed by atoms with Crippen LogP contribution >= 0.6 is 11.6 Å². The Labute approximate surface area is 191 Å². The molecule has 8 nitrogen and oxygen atoms in total. The zero-order valence-electron chi connectivity index (χ0n) is 17.9. The minimum atomic E-state index is -3.88. The molecule has 2 aromatic carbocycles. The third-order valence-electron chi connectivity index (χ3n) is 5.56. The smallest absolute Gasteiger partial charge is 0.408 e. The van der Waals surface area contributed by atoms with E-state index in [2.05, 4.69) is 5.32 Å². The number of fused-ring (bicyclic) bond motifs is 1. The fraction of sp³-hybridized carbons (Fsp3) is 0.409. The molecule has 172 valence electrons. The summed E-state index contributed by atoms with van der Waals surface area (Å²) in [5, 5.41) is 2.18. The van der Waals surface area contributed by atoms with Crippen LogP contribution in [0.1, 0.15) is 32.3 Å². The van der Waals surface area contributed by atoms with Gasteiger partial charge < -0.3 is 25.3 Å². The molecule has 32 heavy (non-hydrogen) atoms. The number of ether oxygens (including phenoxy) is 3. The molecule has 0 unspecified atom stereocenters. The number of nitrogens with two attached hydrogens (primary N) is 1. The largest absolute Gasteiger partial charge is 0.454 e. The molecule has 0 aromatic heterocycles. The number of carbonyl (C=O) groups excluding carboxylic acids is 1. The normalized spacial score (nSPS) is 24.2. The van der Waals surface area contributed by atoms with Crippen molar-refractivity contribution in [3.63, 3.8) is 0 Å². The van der Waals surface area contributed by atoms with E-state index < -0.39 is 38.2 Å². The number of halogens is 1. The van der Waals surface area contributed by atoms with Crippen molar-refractivity contribution < 1.29 is 27.4 Å². The van der Waals surface area contributed by atoms with E-state index in [4.69, 9.17) is 31.5 Å². The van der Waals surface area contributed by atoms with Crippen molar-refractivity contribution in [2.75, 3.05) is 13.3 Å². The molecule has 1 heterocycles. The molecular weight excluding hydrogens is 456 g/mol. The predicted octanol–water partition coefficient (Wildman–Crippen LogP) is 3.23. The lowest BCUT2D eigenvalue weighted by molar-refractivity contribution is 0.0497. The molecule has 2 aromatic rings. The van der Waals surface area contributed by atoms with Gasteiger partial charge in [-0.3, -0.25) is 0 Å². The number of amides is 1. The minimum Gasteiger partial charge on any atom is -0.454 e. The Balaban J connectivity index is 1.75. The second-order valence-corrected chi connectivity index (χ2v) is 11.4. The highest BCUT2D eigenvalue weighted by atomic mass is 35.5. The average molecular weight is 481 g/mol. The molecule has 1 fully saturated rings. The first-order valence-electron chi connectivity index (χ1n) is 10.1. The van der Waals surface area contributed by atoms with Crippen LogP contribution in [0.2, 0.25) is 5.02 Å². The second-order valence-electron chi connectivity index (χ2n) is 8.88. The van der Waals surface area contributed by atoms with Crippen molar-refractivity contribution in [2.24, 2.45) is 5.73 Å². The number of benzene rings is 2. The Morgan fingerprint density at radius 2 is 1.84 bits per heavy atom. The first-order valence-corrected chi connectivity index (χ1v) is 12.0. The van der Waals surface area contributed by atoms with Gasteiger partial charge in [0.1, 0.15) is 10.9 Å². The van der Waals surface area contributed by atoms with E-state index in [9.17, 15) is 13.2 Å². The zero-order chi connectivity index (χ0) is 23.3. The van der Waals surface area contributed by atoms with E-state index in [-0.39, 0.29) is 18.2 Å². The third-order valence-corrected chi connectivity index (χ3v) is 8.10. The lowest BCUT2D eigenvalue weighted by Gasteiger charge is -2.24. The van der Waals surface area contributed by atoms with Gasteiger partial charge >= 0.3 is 6.09 Å². The Morgan fingerprint density at radius 1 is 1.19 bits per heavy atom. The minimum absolute atomic E-state index is 0.0914. The predicted molar refractivity (Wildman–Crippen MR) is 119 cm³/mol. The maximum absolute atomic E-state index is 13.6. The van der Waals surface area contributed by atoms with E-state index in [0.717, 1.165) is 0 Å². The highest BCUT2D eigenvalue weighted by molar-refractivity contribution is 7.92. The fourth-order valence-electron chi connectivity index (χ4n) is 4.15. The number of sulfone groups is 1. The first kappa shape index (κ1) is 22.7. The summed E-state index contributed by atoms with van der Waals surface area (Å²) in [5.74, 6) is 0.473. The summed E-state index contributed by atoms with van der Waals surface area (Å²) in [6.45, 7) is 5.17. The Bertz CT molecular complexity index is 1150. The SMILES string of the molecule is CC(C)(C)OC(=O)N[C@@]1(CN)[C@H](S(=O)(=O)c2ccc(Cl)cc2)[C@@H]1c1ccc2c(c1)OCO2. The van der Waals surface area contributed by atoms with E-state index in [1.807, 2.05) is 0 Å². The van der Waals surface area contributed by atoms with Crippen molar-refractivity contribution in [3.8, 4) is 11.5 Å². The van der Waals surface area contributed by atoms with Crippen LogP contribution < -0.4 is 20.5 Å². The molecule has 3 atom stereocenters. The van der Waals surface area contributed by atoms with Crippen molar-refractivity contribution >= 4 is 27.5 Å². The highest BCUT2D eigenvalue weighted by Gasteiger charge is 2.72. The van der Waals surface area contributed by atoms with Gasteiger partial charge in [-0.1, -0.05) is 17.7 Å². The summed E-state index contributed by atoms with van der Waals surface area (Å²) >= 11 is 5.94. The van der Waals surface area contributed by atoms with E-state index in [1.54, 1.807) is 39.0 Å². The number of carbonyl (C=O) groups is 1. The standard InChI is InChI=1S/C22H25ClN2O6S/c1-21(2,3)31-20(26)25-22(11-24)18(13-4-9-16-17(10-13)30-12-29-16)19(22)32(27,28)15-7-5-14(23)6-8-15/h4-10,18-19H,11-12,24H2,1-3H3,(H,25,26)/t18-,19+,22+/m0/s1. The van der Waals surface area contributed by atoms with Crippen molar-refractivity contribution in [1.82, 2.24) is 5.32 Å². The van der Waals surface area contributed by atoms with Crippen LogP contribution in [-0.2, 0) is 14.6 Å². The van der Waals surface area contributed by atoms with Gasteiger partial charge in [0.05, 0.1) is 10.4 Å². The fourth-order valence-corrected chi connectivity index (χ4v) is 6.62. The number of alkyl carbamates (subject to hydrolysis) is 1. The topological polar surface area (TPSA) is 117 Å². The van der Waals surface area contributed by atoms with Gasteiger partial charge in [-0.15, -0.1) is 0 Å². The molecule has 0 saturated heterocycles. The van der Waals surface area contributed by atoms with Crippen LogP contribution in [-0.4, -0.2) is 44.2 Å².